The molecule has 0 radical (unpaired) electrons. The molecule has 0 aromatic heterocycles. The summed E-state index contributed by atoms with van der Waals surface area (Å²) in [6.07, 6.45) is 13.3. The van der Waals surface area contributed by atoms with Gasteiger partial charge in [0.05, 0.1) is 6.10 Å². The molecular weight excluding hydrogens is 460 g/mol. The Hall–Kier alpha value is -2.14. The van der Waals surface area contributed by atoms with Crippen molar-refractivity contribution in [1.29, 1.82) is 0 Å². The van der Waals surface area contributed by atoms with Gasteiger partial charge >= 0.3 is 0 Å². The second kappa shape index (κ2) is 10.2. The van der Waals surface area contributed by atoms with Gasteiger partial charge < -0.3 is 15.7 Å². The summed E-state index contributed by atoms with van der Waals surface area (Å²) in [6.45, 7) is 8.94. The van der Waals surface area contributed by atoms with Crippen LogP contribution in [0.15, 0.2) is 35.9 Å². The van der Waals surface area contributed by atoms with E-state index in [-0.39, 0.29) is 17.9 Å². The highest BCUT2D eigenvalue weighted by Crippen LogP contribution is 2.67. The zero-order chi connectivity index (χ0) is 26.4. The van der Waals surface area contributed by atoms with Gasteiger partial charge in [-0.3, -0.25) is 9.59 Å². The summed E-state index contributed by atoms with van der Waals surface area (Å²) >= 11 is 0. The Labute approximate surface area is 222 Å². The molecule has 0 aliphatic heterocycles. The largest absolute Gasteiger partial charge is 0.393 e. The molecule has 202 valence electrons. The first kappa shape index (κ1) is 26.5. The van der Waals surface area contributed by atoms with Crippen molar-refractivity contribution in [2.75, 3.05) is 10.6 Å². The molecule has 3 fully saturated rings. The minimum Gasteiger partial charge on any atom is -0.393 e. The lowest BCUT2D eigenvalue weighted by Crippen LogP contribution is -2.50. The summed E-state index contributed by atoms with van der Waals surface area (Å²) in [5, 5.41) is 16.1. The van der Waals surface area contributed by atoms with Crippen molar-refractivity contribution in [2.24, 2.45) is 40.4 Å². The number of anilines is 2. The van der Waals surface area contributed by atoms with E-state index in [0.717, 1.165) is 54.8 Å². The number of carbonyl (C=O) groups excluding carboxylic acids is 2. The van der Waals surface area contributed by atoms with Gasteiger partial charge in [-0.25, -0.2) is 0 Å². The van der Waals surface area contributed by atoms with E-state index >= 15 is 0 Å². The molecule has 3 saturated carbocycles. The molecule has 5 nitrogen and oxygen atoms in total. The number of rotatable bonds is 6. The van der Waals surface area contributed by atoms with Crippen LogP contribution >= 0.6 is 0 Å². The van der Waals surface area contributed by atoms with E-state index in [1.807, 2.05) is 24.3 Å². The number of fused-ring (bicyclic) bond motifs is 5. The molecule has 1 aromatic rings. The van der Waals surface area contributed by atoms with Gasteiger partial charge in [0.15, 0.2) is 0 Å². The lowest BCUT2D eigenvalue weighted by molar-refractivity contribution is -0.117. The zero-order valence-electron chi connectivity index (χ0n) is 23.2. The fourth-order valence-corrected chi connectivity index (χ4v) is 9.24. The molecule has 4 aliphatic carbocycles. The van der Waals surface area contributed by atoms with E-state index in [9.17, 15) is 14.7 Å². The van der Waals surface area contributed by atoms with Crippen molar-refractivity contribution < 1.29 is 14.7 Å². The summed E-state index contributed by atoms with van der Waals surface area (Å²) in [4.78, 5) is 23.9. The molecule has 4 aliphatic rings. The summed E-state index contributed by atoms with van der Waals surface area (Å²) in [5.74, 6) is 3.54. The number of benzene rings is 1. The topological polar surface area (TPSA) is 78.4 Å². The summed E-state index contributed by atoms with van der Waals surface area (Å²) in [5.41, 5.74) is 3.73. The summed E-state index contributed by atoms with van der Waals surface area (Å²) < 4.78 is 0. The third kappa shape index (κ3) is 5.01. The van der Waals surface area contributed by atoms with Crippen molar-refractivity contribution in [3.8, 4) is 0 Å². The molecule has 3 N–H and O–H groups in total. The van der Waals surface area contributed by atoms with Gasteiger partial charge in [-0.15, -0.1) is 0 Å². The number of hydrogen-bond donors (Lipinski definition) is 3. The average molecular weight is 507 g/mol. The van der Waals surface area contributed by atoms with Crippen molar-refractivity contribution in [2.45, 2.75) is 98.0 Å². The molecule has 5 heteroatoms. The van der Waals surface area contributed by atoms with Gasteiger partial charge in [-0.05, 0) is 122 Å². The quantitative estimate of drug-likeness (QED) is 0.366. The number of aliphatic hydroxyl groups excluding tert-OH is 1. The van der Waals surface area contributed by atoms with E-state index < -0.39 is 0 Å². The molecular formula is C32H46N2O3. The molecule has 0 bridgehead atoms. The summed E-state index contributed by atoms with van der Waals surface area (Å²) in [7, 11) is 0. The highest BCUT2D eigenvalue weighted by molar-refractivity contribution is 5.92. The van der Waals surface area contributed by atoms with E-state index in [2.05, 4.69) is 37.5 Å². The first-order valence-electron chi connectivity index (χ1n) is 14.7. The van der Waals surface area contributed by atoms with E-state index in [1.54, 1.807) is 5.57 Å². The molecule has 0 heterocycles. The smallest absolute Gasteiger partial charge is 0.224 e. The van der Waals surface area contributed by atoms with Crippen LogP contribution in [-0.2, 0) is 9.59 Å². The maximum absolute atomic E-state index is 12.7. The zero-order valence-corrected chi connectivity index (χ0v) is 23.2. The first-order chi connectivity index (χ1) is 17.6. The standard InChI is InChI=1S/C32H46N2O3/c1-20(5-14-30(37)34-24-9-7-23(8-10-24)33-21(2)35)27-12-13-28-26-11-6-22-19-25(36)15-17-31(22,3)29(26)16-18-32(27,28)4/h6-10,20,25-29,36H,5,11-19H2,1-4H3,(H,33,35)(H,34,37)/t20?,25-,26-,27+,28-,29-,31-,32+/m0/s1. The van der Waals surface area contributed by atoms with Gasteiger partial charge in [0, 0.05) is 24.7 Å². The Morgan fingerprint density at radius 2 is 1.70 bits per heavy atom. The Bertz CT molecular complexity index is 1050. The predicted octanol–water partition coefficient (Wildman–Crippen LogP) is 6.94. The van der Waals surface area contributed by atoms with Gasteiger partial charge in [0.25, 0.3) is 0 Å². The second-order valence-corrected chi connectivity index (χ2v) is 13.2. The Morgan fingerprint density at radius 1 is 1.00 bits per heavy atom. The molecule has 1 aromatic carbocycles. The number of hydrogen-bond acceptors (Lipinski definition) is 3. The maximum Gasteiger partial charge on any atom is 0.224 e. The first-order valence-corrected chi connectivity index (χ1v) is 14.7. The van der Waals surface area contributed by atoms with E-state index in [1.165, 1.54) is 39.0 Å². The third-order valence-electron chi connectivity index (χ3n) is 11.2. The van der Waals surface area contributed by atoms with Crippen LogP contribution in [0.5, 0.6) is 0 Å². The van der Waals surface area contributed by atoms with Crippen LogP contribution in [0.2, 0.25) is 0 Å². The Kier molecular flexibility index (Phi) is 7.30. The van der Waals surface area contributed by atoms with Crippen LogP contribution in [0.4, 0.5) is 11.4 Å². The molecule has 8 atom stereocenters. The maximum atomic E-state index is 12.7. The Morgan fingerprint density at radius 3 is 2.41 bits per heavy atom. The van der Waals surface area contributed by atoms with E-state index in [4.69, 9.17) is 0 Å². The Balaban J connectivity index is 1.18. The van der Waals surface area contributed by atoms with Crippen LogP contribution in [0, 0.1) is 40.4 Å². The van der Waals surface area contributed by atoms with Crippen LogP contribution in [0.25, 0.3) is 0 Å². The molecule has 2 amide bonds. The number of nitrogens with one attached hydrogen (secondary N) is 2. The predicted molar refractivity (Wildman–Crippen MR) is 149 cm³/mol. The second-order valence-electron chi connectivity index (χ2n) is 13.2. The lowest BCUT2D eigenvalue weighted by Gasteiger charge is -2.58. The monoisotopic (exact) mass is 506 g/mol. The van der Waals surface area contributed by atoms with Gasteiger partial charge in [0.1, 0.15) is 0 Å². The normalized spacial score (nSPS) is 37.4. The fourth-order valence-electron chi connectivity index (χ4n) is 9.24. The highest BCUT2D eigenvalue weighted by atomic mass is 16.3. The third-order valence-corrected chi connectivity index (χ3v) is 11.2. The van der Waals surface area contributed by atoms with Gasteiger partial charge in [0.2, 0.25) is 11.8 Å². The van der Waals surface area contributed by atoms with Gasteiger partial charge in [-0.2, -0.15) is 0 Å². The summed E-state index contributed by atoms with van der Waals surface area (Å²) in [6, 6.07) is 7.31. The molecule has 37 heavy (non-hydrogen) atoms. The molecule has 0 spiro atoms. The fraction of sp³-hybridized carbons (Fsp3) is 0.688. The van der Waals surface area contributed by atoms with Crippen molar-refractivity contribution in [1.82, 2.24) is 0 Å². The number of carbonyl (C=O) groups is 2. The van der Waals surface area contributed by atoms with E-state index in [0.29, 0.717) is 29.1 Å². The van der Waals surface area contributed by atoms with Crippen LogP contribution in [0.1, 0.15) is 91.9 Å². The highest BCUT2D eigenvalue weighted by Gasteiger charge is 2.59. The molecule has 1 unspecified atom stereocenters. The number of allylic oxidation sites excluding steroid dienone is 1. The van der Waals surface area contributed by atoms with Crippen LogP contribution in [0.3, 0.4) is 0 Å². The molecule has 5 rings (SSSR count). The SMILES string of the molecule is CC(=O)Nc1ccc(NC(=O)CCC(C)[C@H]2CC[C@H]3[C@@H]4CC=C5C[C@@H](O)CC[C@]5(C)[C@H]4CC[C@]23C)cc1. The van der Waals surface area contributed by atoms with Crippen molar-refractivity contribution in [3.05, 3.63) is 35.9 Å². The van der Waals surface area contributed by atoms with Crippen LogP contribution < -0.4 is 10.6 Å². The van der Waals surface area contributed by atoms with Gasteiger partial charge in [-0.1, -0.05) is 32.4 Å². The average Bonchev–Trinajstić information content (AvgIpc) is 3.21. The number of amides is 2. The molecule has 0 saturated heterocycles. The minimum absolute atomic E-state index is 0.0693. The van der Waals surface area contributed by atoms with Crippen molar-refractivity contribution >= 4 is 23.2 Å². The van der Waals surface area contributed by atoms with Crippen molar-refractivity contribution in [3.63, 3.8) is 0 Å². The number of aliphatic hydroxyl groups is 1. The van der Waals surface area contributed by atoms with Crippen LogP contribution in [-0.4, -0.2) is 23.0 Å². The minimum atomic E-state index is -0.137. The lowest BCUT2D eigenvalue weighted by atomic mass is 9.47.